The number of carbonyl (C=O) groups is 2. The largest absolute Gasteiger partial charge is 0.467 e. The molecule has 0 aliphatic carbocycles. The zero-order valence-corrected chi connectivity index (χ0v) is 14.8. The quantitative estimate of drug-likeness (QED) is 0.430. The smallest absolute Gasteiger partial charge is 0.330 e. The number of carbonyl (C=O) groups excluding carboxylic acids is 2. The van der Waals surface area contributed by atoms with E-state index in [1.807, 2.05) is 6.92 Å². The summed E-state index contributed by atoms with van der Waals surface area (Å²) in [7, 11) is 1.35. The van der Waals surface area contributed by atoms with Gasteiger partial charge in [0.1, 0.15) is 21.2 Å². The third-order valence-electron chi connectivity index (χ3n) is 3.73. The highest BCUT2D eigenvalue weighted by atomic mass is 35.5. The molecule has 3 rings (SSSR count). The van der Waals surface area contributed by atoms with Crippen LogP contribution in [0.2, 0.25) is 0 Å². The Labute approximate surface area is 141 Å². The number of methoxy groups -OCH3 is 1. The summed E-state index contributed by atoms with van der Waals surface area (Å²) in [6.07, 6.45) is 0. The second kappa shape index (κ2) is 5.86. The molecule has 3 heterocycles. The van der Waals surface area contributed by atoms with Gasteiger partial charge in [0.25, 0.3) is 0 Å². The fourth-order valence-electron chi connectivity index (χ4n) is 2.67. The maximum Gasteiger partial charge on any atom is 0.330 e. The first kappa shape index (κ1) is 15.8. The minimum atomic E-state index is -0.570. The lowest BCUT2D eigenvalue weighted by atomic mass is 9.98. The van der Waals surface area contributed by atoms with Gasteiger partial charge < -0.3 is 9.64 Å². The number of aliphatic imine (C=N–C) groups is 1. The Kier molecular flexibility index (Phi) is 4.42. The van der Waals surface area contributed by atoms with E-state index in [0.717, 1.165) is 16.7 Å². The number of amides is 1. The summed E-state index contributed by atoms with van der Waals surface area (Å²) in [6, 6.07) is -0.570. The minimum absolute atomic E-state index is 0.132. The van der Waals surface area contributed by atoms with Crippen LogP contribution < -0.4 is 0 Å². The lowest BCUT2D eigenvalue weighted by molar-refractivity contribution is -0.158. The predicted octanol–water partition coefficient (Wildman–Crippen LogP) is 1.65. The van der Waals surface area contributed by atoms with Gasteiger partial charge in [-0.3, -0.25) is 9.79 Å². The average molecular weight is 367 g/mol. The Bertz CT molecular complexity index is 518. The summed E-state index contributed by atoms with van der Waals surface area (Å²) in [5.41, 5.74) is 0. The molecule has 1 amide bonds. The number of hydrogen-bond donors (Lipinski definition) is 0. The van der Waals surface area contributed by atoms with Crippen LogP contribution in [0.4, 0.5) is 0 Å². The molecule has 0 aromatic rings. The summed E-state index contributed by atoms with van der Waals surface area (Å²) in [5, 5.41) is -0.667. The first-order valence-corrected chi connectivity index (χ1v) is 9.78. The van der Waals surface area contributed by atoms with E-state index in [1.54, 1.807) is 40.2 Å². The van der Waals surface area contributed by atoms with Gasteiger partial charge in [0.05, 0.1) is 18.4 Å². The topological polar surface area (TPSA) is 59.0 Å². The molecule has 0 radical (unpaired) electrons. The first-order chi connectivity index (χ1) is 9.98. The van der Waals surface area contributed by atoms with Crippen molar-refractivity contribution >= 4 is 63.1 Å². The van der Waals surface area contributed by atoms with Crippen LogP contribution in [0.25, 0.3) is 0 Å². The van der Waals surface area contributed by atoms with Crippen LogP contribution in [0, 0.1) is 0 Å². The van der Waals surface area contributed by atoms with Crippen molar-refractivity contribution in [2.45, 2.75) is 28.5 Å². The molecule has 2 saturated heterocycles. The van der Waals surface area contributed by atoms with E-state index >= 15 is 0 Å². The Balaban J connectivity index is 1.77. The lowest BCUT2D eigenvalue weighted by Gasteiger charge is -2.40. The normalized spacial score (nSPS) is 38.0. The van der Waals surface area contributed by atoms with Crippen LogP contribution in [-0.4, -0.2) is 67.9 Å². The number of thioether (sulfide) groups is 3. The summed E-state index contributed by atoms with van der Waals surface area (Å²) >= 11 is 11.1. The molecular weight excluding hydrogens is 352 g/mol. The van der Waals surface area contributed by atoms with E-state index in [2.05, 4.69) is 4.99 Å². The summed E-state index contributed by atoms with van der Waals surface area (Å²) in [5.74, 6) is 1.17. The third kappa shape index (κ3) is 2.58. The molecule has 21 heavy (non-hydrogen) atoms. The van der Waals surface area contributed by atoms with Crippen molar-refractivity contribution in [2.24, 2.45) is 4.99 Å². The lowest BCUT2D eigenvalue weighted by Crippen LogP contribution is -2.64. The molecule has 0 N–H and O–H groups in total. The molecule has 116 valence electrons. The second-order valence-corrected chi connectivity index (χ2v) is 9.61. The minimum Gasteiger partial charge on any atom is -0.467 e. The Morgan fingerprint density at radius 3 is 3.05 bits per heavy atom. The Morgan fingerprint density at radius 2 is 2.43 bits per heavy atom. The van der Waals surface area contributed by atoms with Crippen molar-refractivity contribution in [1.29, 1.82) is 0 Å². The first-order valence-electron chi connectivity index (χ1n) is 6.50. The molecule has 5 nitrogen and oxygen atoms in total. The molecule has 0 aromatic carbocycles. The monoisotopic (exact) mass is 366 g/mol. The maximum atomic E-state index is 12.2. The number of fused-ring (bicyclic) bond motifs is 1. The summed E-state index contributed by atoms with van der Waals surface area (Å²) < 4.78 is 5.55. The van der Waals surface area contributed by atoms with Crippen molar-refractivity contribution in [1.82, 2.24) is 4.90 Å². The molecule has 9 heteroatoms. The SMILES string of the molecule is COC(=O)[C@@H]1N2C(=O)[C@H](Cl)[C@H]2S[C@@]1(C)CSC1=NCCS1. The fraction of sp³-hybridized carbons (Fsp3) is 0.750. The highest BCUT2D eigenvalue weighted by molar-refractivity contribution is 8.39. The van der Waals surface area contributed by atoms with Gasteiger partial charge in [-0.2, -0.15) is 0 Å². The predicted molar refractivity (Wildman–Crippen MR) is 89.3 cm³/mol. The number of rotatable bonds is 3. The highest BCUT2D eigenvalue weighted by Crippen LogP contribution is 2.54. The van der Waals surface area contributed by atoms with Crippen LogP contribution in [-0.2, 0) is 14.3 Å². The van der Waals surface area contributed by atoms with E-state index < -0.39 is 16.2 Å². The summed E-state index contributed by atoms with van der Waals surface area (Å²) in [4.78, 5) is 30.1. The molecule has 3 aliphatic rings. The van der Waals surface area contributed by atoms with Crippen LogP contribution >= 0.6 is 46.9 Å². The van der Waals surface area contributed by atoms with Gasteiger partial charge in [0, 0.05) is 11.5 Å². The van der Waals surface area contributed by atoms with Crippen LogP contribution in [0.5, 0.6) is 0 Å². The molecule has 2 fully saturated rings. The Morgan fingerprint density at radius 1 is 1.67 bits per heavy atom. The van der Waals surface area contributed by atoms with E-state index in [4.69, 9.17) is 16.3 Å². The van der Waals surface area contributed by atoms with Crippen molar-refractivity contribution < 1.29 is 14.3 Å². The number of hydrogen-bond acceptors (Lipinski definition) is 7. The van der Waals surface area contributed by atoms with Gasteiger partial charge in [-0.1, -0.05) is 23.5 Å². The van der Waals surface area contributed by atoms with Gasteiger partial charge in [-0.15, -0.1) is 23.4 Å². The number of ether oxygens (including phenoxy) is 1. The summed E-state index contributed by atoms with van der Waals surface area (Å²) in [6.45, 7) is 2.86. The number of alkyl halides is 1. The van der Waals surface area contributed by atoms with Gasteiger partial charge in [0.15, 0.2) is 0 Å². The number of nitrogens with zero attached hydrogens (tertiary/aromatic N) is 2. The van der Waals surface area contributed by atoms with E-state index in [0.29, 0.717) is 5.75 Å². The third-order valence-corrected chi connectivity index (χ3v) is 8.72. The zero-order valence-electron chi connectivity index (χ0n) is 11.6. The average Bonchev–Trinajstić information content (AvgIpc) is 3.09. The second-order valence-electron chi connectivity index (χ2n) is 5.18. The molecule has 0 bridgehead atoms. The van der Waals surface area contributed by atoms with Gasteiger partial charge >= 0.3 is 5.97 Å². The number of esters is 1. The molecule has 4 atom stereocenters. The van der Waals surface area contributed by atoms with E-state index in [-0.39, 0.29) is 17.3 Å². The maximum absolute atomic E-state index is 12.2. The number of halogens is 1. The van der Waals surface area contributed by atoms with Crippen LogP contribution in [0.1, 0.15) is 6.92 Å². The standard InChI is InChI=1S/C12H15ClN2O3S3/c1-12(5-20-11-14-3-4-19-11)7(10(17)18-2)15-8(16)6(13)9(15)21-12/h6-7,9H,3-5H2,1-2H3/t6-,7-,9+,12-/m0/s1. The van der Waals surface area contributed by atoms with Gasteiger partial charge in [-0.25, -0.2) is 4.79 Å². The van der Waals surface area contributed by atoms with Crippen LogP contribution in [0.3, 0.4) is 0 Å². The van der Waals surface area contributed by atoms with Gasteiger partial charge in [0.2, 0.25) is 5.91 Å². The highest BCUT2D eigenvalue weighted by Gasteiger charge is 2.65. The molecule has 0 aromatic heterocycles. The number of β-lactam (4-membered cyclic amide) rings is 1. The van der Waals surface area contributed by atoms with Crippen molar-refractivity contribution in [3.63, 3.8) is 0 Å². The van der Waals surface area contributed by atoms with Crippen molar-refractivity contribution in [3.05, 3.63) is 0 Å². The molecular formula is C12H15ClN2O3S3. The molecule has 0 spiro atoms. The molecule has 3 aliphatic heterocycles. The van der Waals surface area contributed by atoms with Crippen molar-refractivity contribution in [2.75, 3.05) is 25.2 Å². The fourth-order valence-corrected chi connectivity index (χ4v) is 7.02. The van der Waals surface area contributed by atoms with Gasteiger partial charge in [-0.05, 0) is 6.92 Å². The zero-order chi connectivity index (χ0) is 15.2. The van der Waals surface area contributed by atoms with E-state index in [9.17, 15) is 9.59 Å². The Hall–Kier alpha value is -0.0500. The molecule has 0 unspecified atom stereocenters. The van der Waals surface area contributed by atoms with Crippen LogP contribution in [0.15, 0.2) is 4.99 Å². The molecule has 0 saturated carbocycles. The van der Waals surface area contributed by atoms with Crippen molar-refractivity contribution in [3.8, 4) is 0 Å². The van der Waals surface area contributed by atoms with E-state index in [1.165, 1.54) is 7.11 Å².